The van der Waals surface area contributed by atoms with E-state index < -0.39 is 55.6 Å². The molecule has 1 heterocycles. The maximum Gasteiger partial charge on any atom is 0.223 e. The molecule has 0 aromatic heterocycles. The third-order valence-electron chi connectivity index (χ3n) is 8.04. The lowest BCUT2D eigenvalue weighted by molar-refractivity contribution is -0.303. The van der Waals surface area contributed by atoms with Crippen molar-refractivity contribution in [1.29, 1.82) is 0 Å². The second-order valence-corrected chi connectivity index (χ2v) is 11.9. The number of aliphatic hydroxyl groups excluding tert-OH is 6. The van der Waals surface area contributed by atoms with E-state index in [-0.39, 0.29) is 24.3 Å². The lowest BCUT2D eigenvalue weighted by atomic mass is 9.92. The van der Waals surface area contributed by atoms with Gasteiger partial charge in [0, 0.05) is 5.92 Å². The molecule has 1 fully saturated rings. The van der Waals surface area contributed by atoms with Crippen molar-refractivity contribution >= 4 is 5.91 Å². The Balaban J connectivity index is 2.65. The minimum atomic E-state index is -1.61. The lowest BCUT2D eigenvalue weighted by Gasteiger charge is -2.40. The van der Waals surface area contributed by atoms with Crippen molar-refractivity contribution in [3.63, 3.8) is 0 Å². The second-order valence-electron chi connectivity index (χ2n) is 11.9. The topological polar surface area (TPSA) is 169 Å². The highest BCUT2D eigenvalue weighted by molar-refractivity contribution is 5.78. The molecule has 0 aromatic rings. The summed E-state index contributed by atoms with van der Waals surface area (Å²) in [4.78, 5) is 12.8. The monoisotopic (exact) mass is 577 g/mol. The van der Waals surface area contributed by atoms with Crippen LogP contribution in [-0.2, 0) is 14.3 Å². The first-order valence-electron chi connectivity index (χ1n) is 15.7. The minimum absolute atomic E-state index is 0.177. The minimum Gasteiger partial charge on any atom is -0.394 e. The molecular formula is C30H59NO9. The molecule has 0 radical (unpaired) electrons. The average molecular weight is 578 g/mol. The first-order chi connectivity index (χ1) is 19.1. The fourth-order valence-corrected chi connectivity index (χ4v) is 5.26. The Labute approximate surface area is 241 Å². The van der Waals surface area contributed by atoms with E-state index in [0.717, 1.165) is 25.7 Å². The van der Waals surface area contributed by atoms with Crippen molar-refractivity contribution in [1.82, 2.24) is 5.32 Å². The molecule has 10 atom stereocenters. The molecule has 1 rings (SSSR count). The molecule has 7 N–H and O–H groups in total. The molecule has 0 bridgehead atoms. The zero-order valence-corrected chi connectivity index (χ0v) is 25.3. The Bertz CT molecular complexity index is 653. The van der Waals surface area contributed by atoms with E-state index in [1.807, 2.05) is 13.8 Å². The van der Waals surface area contributed by atoms with Crippen molar-refractivity contribution in [3.8, 4) is 0 Å². The van der Waals surface area contributed by atoms with Gasteiger partial charge in [-0.1, -0.05) is 98.3 Å². The molecular weight excluding hydrogens is 518 g/mol. The molecule has 0 aliphatic carbocycles. The summed E-state index contributed by atoms with van der Waals surface area (Å²) in [5, 5.41) is 64.4. The van der Waals surface area contributed by atoms with Crippen LogP contribution in [0, 0.1) is 11.8 Å². The highest BCUT2D eigenvalue weighted by Crippen LogP contribution is 2.23. The van der Waals surface area contributed by atoms with Crippen LogP contribution in [0.3, 0.4) is 0 Å². The van der Waals surface area contributed by atoms with Crippen LogP contribution >= 0.6 is 0 Å². The standard InChI is InChI=1S/C30H59NO9/c1-5-7-8-9-10-11-12-13-14-16-20(3)17-23(33)25(34)22(31-29(38)21(4)15-6-2)19-39-30-28(37)27(36)26(35)24(18-32)40-30/h20-28,30,32-37H,5-19H2,1-4H3,(H,31,38)/t20?,21?,22-,23+,24?,25-,26?,27?,28?,30?/m0/s1. The number of carbonyl (C=O) groups excluding carboxylic acids is 1. The van der Waals surface area contributed by atoms with Gasteiger partial charge < -0.3 is 45.4 Å². The Morgan fingerprint density at radius 2 is 1.45 bits per heavy atom. The predicted molar refractivity (Wildman–Crippen MR) is 153 cm³/mol. The second kappa shape index (κ2) is 20.9. The summed E-state index contributed by atoms with van der Waals surface area (Å²) in [5.74, 6) is -0.427. The molecule has 1 aliphatic heterocycles. The highest BCUT2D eigenvalue weighted by atomic mass is 16.7. The number of hydrogen-bond acceptors (Lipinski definition) is 9. The van der Waals surface area contributed by atoms with Gasteiger partial charge in [0.05, 0.1) is 25.4 Å². The Morgan fingerprint density at radius 3 is 2.02 bits per heavy atom. The molecule has 0 spiro atoms. The van der Waals surface area contributed by atoms with Crippen molar-refractivity contribution < 1.29 is 44.9 Å². The maximum absolute atomic E-state index is 12.8. The number of unbranched alkanes of at least 4 members (excludes halogenated alkanes) is 8. The number of amides is 1. The first-order valence-corrected chi connectivity index (χ1v) is 15.7. The lowest BCUT2D eigenvalue weighted by Crippen LogP contribution is -2.60. The van der Waals surface area contributed by atoms with Crippen molar-refractivity contribution in [3.05, 3.63) is 0 Å². The maximum atomic E-state index is 12.8. The van der Waals surface area contributed by atoms with Gasteiger partial charge in [0.2, 0.25) is 5.91 Å². The first kappa shape index (κ1) is 37.2. The van der Waals surface area contributed by atoms with E-state index >= 15 is 0 Å². The van der Waals surface area contributed by atoms with E-state index in [0.29, 0.717) is 12.8 Å². The normalized spacial score (nSPS) is 27.1. The molecule has 1 saturated heterocycles. The summed E-state index contributed by atoms with van der Waals surface area (Å²) in [7, 11) is 0. The van der Waals surface area contributed by atoms with Crippen LogP contribution in [0.4, 0.5) is 0 Å². The fourth-order valence-electron chi connectivity index (χ4n) is 5.26. The number of aliphatic hydroxyl groups is 6. The molecule has 1 amide bonds. The SMILES string of the molecule is CCCCCCCCCCCC(C)C[C@@H](O)[C@@H](O)[C@H](COC1OC(CO)C(O)C(O)C1O)NC(=O)C(C)CCC. The van der Waals surface area contributed by atoms with Crippen molar-refractivity contribution in [2.75, 3.05) is 13.2 Å². The molecule has 10 heteroatoms. The van der Waals surface area contributed by atoms with Crippen LogP contribution in [0.2, 0.25) is 0 Å². The zero-order valence-electron chi connectivity index (χ0n) is 25.3. The van der Waals surface area contributed by atoms with Crippen LogP contribution in [0.1, 0.15) is 111 Å². The van der Waals surface area contributed by atoms with Crippen molar-refractivity contribution in [2.45, 2.75) is 160 Å². The van der Waals surface area contributed by atoms with Crippen LogP contribution in [0.15, 0.2) is 0 Å². The Hall–Kier alpha value is -0.850. The summed E-state index contributed by atoms with van der Waals surface area (Å²) >= 11 is 0. The highest BCUT2D eigenvalue weighted by Gasteiger charge is 2.44. The number of carbonyl (C=O) groups is 1. The molecule has 0 saturated carbocycles. The third-order valence-corrected chi connectivity index (χ3v) is 8.04. The van der Waals surface area contributed by atoms with Gasteiger partial charge >= 0.3 is 0 Å². The molecule has 0 aromatic carbocycles. The van der Waals surface area contributed by atoms with Crippen LogP contribution < -0.4 is 5.32 Å². The molecule has 40 heavy (non-hydrogen) atoms. The Kier molecular flexibility index (Phi) is 19.5. The summed E-state index contributed by atoms with van der Waals surface area (Å²) in [5.41, 5.74) is 0. The summed E-state index contributed by atoms with van der Waals surface area (Å²) in [6, 6.07) is -1.01. The van der Waals surface area contributed by atoms with Gasteiger partial charge in [-0.15, -0.1) is 0 Å². The number of nitrogens with one attached hydrogen (secondary N) is 1. The van der Waals surface area contributed by atoms with E-state index in [1.54, 1.807) is 6.92 Å². The number of hydrogen-bond donors (Lipinski definition) is 7. The van der Waals surface area contributed by atoms with Crippen LogP contribution in [0.5, 0.6) is 0 Å². The van der Waals surface area contributed by atoms with Gasteiger partial charge in [-0.05, 0) is 18.8 Å². The molecule has 238 valence electrons. The van der Waals surface area contributed by atoms with Crippen LogP contribution in [0.25, 0.3) is 0 Å². The largest absolute Gasteiger partial charge is 0.394 e. The van der Waals surface area contributed by atoms with Gasteiger partial charge in [-0.25, -0.2) is 0 Å². The van der Waals surface area contributed by atoms with Gasteiger partial charge in [-0.3, -0.25) is 4.79 Å². The quantitative estimate of drug-likeness (QED) is 0.0955. The predicted octanol–water partition coefficient (Wildman–Crippen LogP) is 2.39. The summed E-state index contributed by atoms with van der Waals surface area (Å²) in [6.45, 7) is 7.10. The third kappa shape index (κ3) is 13.4. The Morgan fingerprint density at radius 1 is 0.850 bits per heavy atom. The van der Waals surface area contributed by atoms with Gasteiger partial charge in [0.25, 0.3) is 0 Å². The summed E-state index contributed by atoms with van der Waals surface area (Å²) in [6.07, 6.45) is 4.19. The van der Waals surface area contributed by atoms with E-state index in [9.17, 15) is 35.4 Å². The van der Waals surface area contributed by atoms with Crippen LogP contribution in [-0.4, -0.2) is 98.7 Å². The number of ether oxygens (including phenoxy) is 2. The van der Waals surface area contributed by atoms with E-state index in [4.69, 9.17) is 9.47 Å². The van der Waals surface area contributed by atoms with Gasteiger partial charge in [-0.2, -0.15) is 0 Å². The summed E-state index contributed by atoms with van der Waals surface area (Å²) < 4.78 is 11.0. The zero-order chi connectivity index (χ0) is 30.1. The van der Waals surface area contributed by atoms with E-state index in [2.05, 4.69) is 12.2 Å². The van der Waals surface area contributed by atoms with Gasteiger partial charge in [0.15, 0.2) is 6.29 Å². The molecule has 10 nitrogen and oxygen atoms in total. The smallest absolute Gasteiger partial charge is 0.223 e. The number of rotatable bonds is 22. The fraction of sp³-hybridized carbons (Fsp3) is 0.967. The van der Waals surface area contributed by atoms with Gasteiger partial charge in [0.1, 0.15) is 30.5 Å². The molecule has 7 unspecified atom stereocenters. The molecule has 1 aliphatic rings. The van der Waals surface area contributed by atoms with Crippen molar-refractivity contribution in [2.24, 2.45) is 11.8 Å². The van der Waals surface area contributed by atoms with E-state index in [1.165, 1.54) is 44.9 Å². The average Bonchev–Trinajstić information content (AvgIpc) is 2.93.